The highest BCUT2D eigenvalue weighted by atomic mass is 32.2. The minimum Gasteiger partial charge on any atom is -0.435 e. The van der Waals surface area contributed by atoms with E-state index in [1.165, 1.54) is 16.4 Å². The maximum absolute atomic E-state index is 13.0. The van der Waals surface area contributed by atoms with Gasteiger partial charge in [-0.25, -0.2) is 8.42 Å². The van der Waals surface area contributed by atoms with Crippen molar-refractivity contribution in [3.8, 4) is 5.75 Å². The number of carbonyl (C=O) groups is 1. The number of likely N-dealkylation sites (N-methyl/N-ethyl adjacent to an activating group) is 1. The molecule has 10 heteroatoms. The smallest absolute Gasteiger partial charge is 0.387 e. The van der Waals surface area contributed by atoms with Crippen LogP contribution in [0.1, 0.15) is 16.7 Å². The number of rotatable bonds is 8. The quantitative estimate of drug-likeness (QED) is 0.580. The molecule has 1 aliphatic heterocycles. The number of benzene rings is 2. The molecular weight excluding hydrogens is 452 g/mol. The molecule has 0 aliphatic carbocycles. The molecule has 2 aromatic rings. The molecule has 0 aromatic heterocycles. The van der Waals surface area contributed by atoms with Gasteiger partial charge >= 0.3 is 6.61 Å². The lowest BCUT2D eigenvalue weighted by Crippen LogP contribution is -2.52. The first-order valence-electron chi connectivity index (χ1n) is 10.6. The molecule has 0 spiro atoms. The molecule has 2 aromatic carbocycles. The molecule has 0 saturated carbocycles. The zero-order valence-corrected chi connectivity index (χ0v) is 19.8. The van der Waals surface area contributed by atoms with Gasteiger partial charge in [0.1, 0.15) is 5.75 Å². The Morgan fingerprint density at radius 3 is 2.39 bits per heavy atom. The van der Waals surface area contributed by atoms with Crippen LogP contribution in [0.4, 0.5) is 8.78 Å². The summed E-state index contributed by atoms with van der Waals surface area (Å²) in [6, 6.07) is 11.5. The van der Waals surface area contributed by atoms with Crippen LogP contribution in [0.2, 0.25) is 0 Å². The highest BCUT2D eigenvalue weighted by Crippen LogP contribution is 2.21. The number of halogens is 2. The van der Waals surface area contributed by atoms with E-state index in [9.17, 15) is 22.0 Å². The van der Waals surface area contributed by atoms with Crippen LogP contribution in [0.15, 0.2) is 47.4 Å². The van der Waals surface area contributed by atoms with Gasteiger partial charge in [-0.05, 0) is 61.9 Å². The van der Waals surface area contributed by atoms with Crippen LogP contribution in [-0.2, 0) is 21.4 Å². The second-order valence-corrected chi connectivity index (χ2v) is 10.2. The van der Waals surface area contributed by atoms with Crippen molar-refractivity contribution in [3.63, 3.8) is 0 Å². The Morgan fingerprint density at radius 1 is 1.06 bits per heavy atom. The van der Waals surface area contributed by atoms with Gasteiger partial charge in [-0.3, -0.25) is 9.69 Å². The first-order chi connectivity index (χ1) is 15.6. The van der Waals surface area contributed by atoms with E-state index in [-0.39, 0.29) is 36.2 Å². The SMILES string of the molecule is Cc1ccc(S(=O)(=O)N2CCN(C(=O)CN(C)Cc3cccc(OC(F)F)c3)CC2)cc1C. The van der Waals surface area contributed by atoms with E-state index < -0.39 is 16.6 Å². The van der Waals surface area contributed by atoms with Crippen molar-refractivity contribution in [2.45, 2.75) is 31.9 Å². The summed E-state index contributed by atoms with van der Waals surface area (Å²) in [4.78, 5) is 16.4. The van der Waals surface area contributed by atoms with Gasteiger partial charge in [0.05, 0.1) is 11.4 Å². The van der Waals surface area contributed by atoms with E-state index in [0.717, 1.165) is 16.7 Å². The third-order valence-corrected chi connectivity index (χ3v) is 7.58. The van der Waals surface area contributed by atoms with E-state index >= 15 is 0 Å². The number of amides is 1. The lowest BCUT2D eigenvalue weighted by atomic mass is 10.1. The van der Waals surface area contributed by atoms with Crippen molar-refractivity contribution < 1.29 is 26.7 Å². The molecule has 1 saturated heterocycles. The predicted octanol–water partition coefficient (Wildman–Crippen LogP) is 2.87. The molecular formula is C23H29F2N3O4S. The number of alkyl halides is 2. The van der Waals surface area contributed by atoms with Crippen molar-refractivity contribution in [1.82, 2.24) is 14.1 Å². The molecule has 0 N–H and O–H groups in total. The van der Waals surface area contributed by atoms with Gasteiger partial charge in [-0.15, -0.1) is 0 Å². The monoisotopic (exact) mass is 481 g/mol. The van der Waals surface area contributed by atoms with Crippen LogP contribution in [0.25, 0.3) is 0 Å². The molecule has 0 bridgehead atoms. The van der Waals surface area contributed by atoms with Gasteiger partial charge in [0.25, 0.3) is 0 Å². The Hall–Kier alpha value is -2.56. The Morgan fingerprint density at radius 2 is 1.76 bits per heavy atom. The van der Waals surface area contributed by atoms with E-state index in [1.54, 1.807) is 47.2 Å². The van der Waals surface area contributed by atoms with Crippen LogP contribution in [0.3, 0.4) is 0 Å². The summed E-state index contributed by atoms with van der Waals surface area (Å²) in [5.41, 5.74) is 2.69. The number of aryl methyl sites for hydroxylation is 2. The molecule has 7 nitrogen and oxygen atoms in total. The largest absolute Gasteiger partial charge is 0.435 e. The van der Waals surface area contributed by atoms with Crippen LogP contribution >= 0.6 is 0 Å². The first-order valence-corrected chi connectivity index (χ1v) is 12.1. The van der Waals surface area contributed by atoms with Crippen molar-refractivity contribution in [3.05, 3.63) is 59.2 Å². The maximum atomic E-state index is 13.0. The van der Waals surface area contributed by atoms with Crippen molar-refractivity contribution >= 4 is 15.9 Å². The van der Waals surface area contributed by atoms with E-state index in [4.69, 9.17) is 0 Å². The van der Waals surface area contributed by atoms with Crippen LogP contribution in [0, 0.1) is 13.8 Å². The van der Waals surface area contributed by atoms with E-state index in [0.29, 0.717) is 19.6 Å². The average Bonchev–Trinajstić information content (AvgIpc) is 2.75. The van der Waals surface area contributed by atoms with Gasteiger partial charge in [0.15, 0.2) is 0 Å². The normalized spacial score (nSPS) is 15.3. The summed E-state index contributed by atoms with van der Waals surface area (Å²) < 4.78 is 56.5. The number of piperazine rings is 1. The second-order valence-electron chi connectivity index (χ2n) is 8.23. The number of carbonyl (C=O) groups excluding carboxylic acids is 1. The molecule has 0 atom stereocenters. The highest BCUT2D eigenvalue weighted by molar-refractivity contribution is 7.89. The summed E-state index contributed by atoms with van der Waals surface area (Å²) in [6.45, 7) is 2.53. The number of nitrogens with zero attached hydrogens (tertiary/aromatic N) is 3. The number of ether oxygens (including phenoxy) is 1. The topological polar surface area (TPSA) is 70.2 Å². The van der Waals surface area contributed by atoms with E-state index in [2.05, 4.69) is 4.74 Å². The molecule has 1 fully saturated rings. The Labute approximate surface area is 193 Å². The minimum atomic E-state index is -3.61. The molecule has 1 heterocycles. The Bertz CT molecular complexity index is 1090. The zero-order chi connectivity index (χ0) is 24.2. The van der Waals surface area contributed by atoms with Crippen LogP contribution < -0.4 is 4.74 Å². The fraction of sp³-hybridized carbons (Fsp3) is 0.435. The fourth-order valence-corrected chi connectivity index (χ4v) is 5.23. The zero-order valence-electron chi connectivity index (χ0n) is 19.0. The molecule has 1 amide bonds. The summed E-state index contributed by atoms with van der Waals surface area (Å²) in [6.07, 6.45) is 0. The second kappa shape index (κ2) is 10.6. The molecule has 3 rings (SSSR count). The number of hydrogen-bond acceptors (Lipinski definition) is 5. The van der Waals surface area contributed by atoms with Crippen LogP contribution in [0.5, 0.6) is 5.75 Å². The standard InChI is InChI=1S/C23H29F2N3O4S/c1-17-7-8-21(13-18(17)2)33(30,31)28-11-9-27(10-12-28)22(29)16-26(3)15-19-5-4-6-20(14-19)32-23(24)25/h4-8,13-14,23H,9-12,15-16H2,1-3H3. The third-order valence-electron chi connectivity index (χ3n) is 5.69. The van der Waals surface area contributed by atoms with Crippen molar-refractivity contribution in [1.29, 1.82) is 0 Å². The van der Waals surface area contributed by atoms with E-state index in [1.807, 2.05) is 13.8 Å². The van der Waals surface area contributed by atoms with Gasteiger partial charge in [0.2, 0.25) is 15.9 Å². The minimum absolute atomic E-state index is 0.0725. The van der Waals surface area contributed by atoms with Crippen LogP contribution in [-0.4, -0.2) is 74.8 Å². The lowest BCUT2D eigenvalue weighted by molar-refractivity contribution is -0.133. The third kappa shape index (κ3) is 6.49. The summed E-state index contributed by atoms with van der Waals surface area (Å²) in [7, 11) is -1.84. The summed E-state index contributed by atoms with van der Waals surface area (Å²) >= 11 is 0. The molecule has 0 unspecified atom stereocenters. The predicted molar refractivity (Wildman–Crippen MR) is 121 cm³/mol. The Balaban J connectivity index is 1.53. The molecule has 1 aliphatic rings. The Kier molecular flexibility index (Phi) is 8.04. The molecule has 0 radical (unpaired) electrons. The van der Waals surface area contributed by atoms with Crippen molar-refractivity contribution in [2.24, 2.45) is 0 Å². The maximum Gasteiger partial charge on any atom is 0.387 e. The van der Waals surface area contributed by atoms with Gasteiger partial charge in [-0.1, -0.05) is 18.2 Å². The fourth-order valence-electron chi connectivity index (χ4n) is 3.72. The first kappa shape index (κ1) is 25.1. The molecule has 33 heavy (non-hydrogen) atoms. The highest BCUT2D eigenvalue weighted by Gasteiger charge is 2.30. The summed E-state index contributed by atoms with van der Waals surface area (Å²) in [5, 5.41) is 0. The van der Waals surface area contributed by atoms with Gasteiger partial charge < -0.3 is 9.64 Å². The summed E-state index contributed by atoms with van der Waals surface area (Å²) in [5.74, 6) is -0.0379. The number of sulfonamides is 1. The number of hydrogen-bond donors (Lipinski definition) is 0. The molecule has 180 valence electrons. The lowest BCUT2D eigenvalue weighted by Gasteiger charge is -2.35. The van der Waals surface area contributed by atoms with Gasteiger partial charge in [-0.2, -0.15) is 13.1 Å². The van der Waals surface area contributed by atoms with Crippen molar-refractivity contribution in [2.75, 3.05) is 39.8 Å². The van der Waals surface area contributed by atoms with Gasteiger partial charge in [0, 0.05) is 32.7 Å². The average molecular weight is 482 g/mol.